The molecule has 2 aliphatic heterocycles. The first-order chi connectivity index (χ1) is 17.5. The molecule has 0 saturated carbocycles. The van der Waals surface area contributed by atoms with Crippen molar-refractivity contribution >= 4 is 23.0 Å². The number of anilines is 1. The molecule has 6 nitrogen and oxygen atoms in total. The number of hydrogen-bond donors (Lipinski definition) is 1. The summed E-state index contributed by atoms with van der Waals surface area (Å²) in [6.07, 6.45) is 2.86. The molecule has 2 aromatic carbocycles. The van der Waals surface area contributed by atoms with E-state index in [-0.39, 0.29) is 18.9 Å². The average molecular weight is 497 g/mol. The van der Waals surface area contributed by atoms with Crippen molar-refractivity contribution in [2.45, 2.75) is 39.3 Å². The summed E-state index contributed by atoms with van der Waals surface area (Å²) in [6.45, 7) is 6.76. The van der Waals surface area contributed by atoms with Crippen LogP contribution in [0.15, 0.2) is 72.9 Å². The van der Waals surface area contributed by atoms with Gasteiger partial charge in [0, 0.05) is 35.0 Å². The molecule has 6 rings (SSSR count). The van der Waals surface area contributed by atoms with Gasteiger partial charge in [0.15, 0.2) is 16.6 Å². The maximum Gasteiger partial charge on any atom is 0.231 e. The first-order valence-electron chi connectivity index (χ1n) is 12.2. The maximum absolute atomic E-state index is 5.92. The van der Waals surface area contributed by atoms with E-state index in [4.69, 9.17) is 26.7 Å². The molecule has 2 atom stereocenters. The zero-order valence-corrected chi connectivity index (χ0v) is 21.4. The number of thiocarbonyl (C=S) groups is 1. The number of aryl methyl sites for hydroxylation is 2. The summed E-state index contributed by atoms with van der Waals surface area (Å²) >= 11 is 5.92. The fourth-order valence-electron chi connectivity index (χ4n) is 5.35. The van der Waals surface area contributed by atoms with Crippen molar-refractivity contribution in [1.29, 1.82) is 0 Å². The minimum atomic E-state index is -0.111. The number of benzene rings is 2. The Hall–Kier alpha value is -3.84. The summed E-state index contributed by atoms with van der Waals surface area (Å²) in [4.78, 5) is 6.88. The van der Waals surface area contributed by atoms with Crippen LogP contribution in [-0.2, 0) is 6.42 Å². The molecule has 1 N–H and O–H groups in total. The number of rotatable bonds is 5. The minimum Gasteiger partial charge on any atom is -0.454 e. The molecular weight excluding hydrogens is 468 g/mol. The van der Waals surface area contributed by atoms with E-state index in [0.29, 0.717) is 5.11 Å². The van der Waals surface area contributed by atoms with E-state index >= 15 is 0 Å². The second-order valence-corrected chi connectivity index (χ2v) is 9.60. The van der Waals surface area contributed by atoms with E-state index in [1.54, 1.807) is 0 Å². The second kappa shape index (κ2) is 8.99. The van der Waals surface area contributed by atoms with Crippen LogP contribution in [-0.4, -0.2) is 21.5 Å². The highest BCUT2D eigenvalue weighted by molar-refractivity contribution is 7.80. The third-order valence-electron chi connectivity index (χ3n) is 7.12. The summed E-state index contributed by atoms with van der Waals surface area (Å²) in [6, 6.07) is 22.9. The monoisotopic (exact) mass is 496 g/mol. The fourth-order valence-corrected chi connectivity index (χ4v) is 5.70. The Morgan fingerprint density at radius 2 is 1.75 bits per heavy atom. The van der Waals surface area contributed by atoms with E-state index < -0.39 is 0 Å². The van der Waals surface area contributed by atoms with Gasteiger partial charge in [-0.1, -0.05) is 25.1 Å². The maximum atomic E-state index is 5.92. The van der Waals surface area contributed by atoms with Gasteiger partial charge in [-0.2, -0.15) is 0 Å². The van der Waals surface area contributed by atoms with E-state index in [1.165, 1.54) is 22.5 Å². The highest BCUT2D eigenvalue weighted by Crippen LogP contribution is 2.46. The third-order valence-corrected chi connectivity index (χ3v) is 7.44. The van der Waals surface area contributed by atoms with E-state index in [1.807, 2.05) is 36.5 Å². The molecule has 2 unspecified atom stereocenters. The van der Waals surface area contributed by atoms with Crippen LogP contribution in [0.2, 0.25) is 0 Å². The molecule has 182 valence electrons. The number of fused-ring (bicyclic) bond motifs is 1. The van der Waals surface area contributed by atoms with Crippen LogP contribution < -0.4 is 19.7 Å². The molecule has 7 heteroatoms. The lowest BCUT2D eigenvalue weighted by Gasteiger charge is -2.28. The van der Waals surface area contributed by atoms with E-state index in [0.717, 1.165) is 35.0 Å². The van der Waals surface area contributed by atoms with Gasteiger partial charge in [0.2, 0.25) is 6.79 Å². The summed E-state index contributed by atoms with van der Waals surface area (Å²) < 4.78 is 13.5. The highest BCUT2D eigenvalue weighted by atomic mass is 32.1. The molecule has 2 aliphatic rings. The molecule has 0 amide bonds. The van der Waals surface area contributed by atoms with Crippen molar-refractivity contribution < 1.29 is 9.47 Å². The summed E-state index contributed by atoms with van der Waals surface area (Å²) in [5.74, 6) is 1.49. The molecule has 1 fully saturated rings. The summed E-state index contributed by atoms with van der Waals surface area (Å²) in [5.41, 5.74) is 7.95. The normalized spacial score (nSPS) is 18.5. The Balaban J connectivity index is 1.49. The second-order valence-electron chi connectivity index (χ2n) is 9.22. The van der Waals surface area contributed by atoms with Crippen molar-refractivity contribution in [1.82, 2.24) is 14.9 Å². The average Bonchev–Trinajstić information content (AvgIpc) is 3.59. The number of nitrogens with one attached hydrogen (secondary N) is 1. The number of aromatic nitrogens is 2. The van der Waals surface area contributed by atoms with Gasteiger partial charge in [0.05, 0.1) is 17.8 Å². The Kier molecular flexibility index (Phi) is 5.64. The van der Waals surface area contributed by atoms with Crippen molar-refractivity contribution in [2.75, 3.05) is 11.7 Å². The van der Waals surface area contributed by atoms with Crippen LogP contribution in [0.5, 0.6) is 11.5 Å². The molecule has 1 saturated heterocycles. The van der Waals surface area contributed by atoms with Gasteiger partial charge in [-0.15, -0.1) is 0 Å². The lowest BCUT2D eigenvalue weighted by Crippen LogP contribution is -2.29. The van der Waals surface area contributed by atoms with Gasteiger partial charge in [-0.25, -0.2) is 0 Å². The predicted molar refractivity (Wildman–Crippen MR) is 145 cm³/mol. The lowest BCUT2D eigenvalue weighted by atomic mass is 9.96. The molecule has 2 aromatic heterocycles. The molecule has 0 aliphatic carbocycles. The van der Waals surface area contributed by atoms with Gasteiger partial charge in [0.1, 0.15) is 0 Å². The SMILES string of the molecule is CCc1ccc(-n2c(C)cc(C3C(c4ccccn4)NC(=S)N3c3ccc4c(c3)OCO4)c2C)cc1. The van der Waals surface area contributed by atoms with Gasteiger partial charge in [0.25, 0.3) is 0 Å². The van der Waals surface area contributed by atoms with Crippen LogP contribution in [0.25, 0.3) is 5.69 Å². The molecular formula is C29H28N4O2S. The molecule has 0 bridgehead atoms. The standard InChI is InChI=1S/C29H28N4O2S/c1-4-20-8-10-21(11-9-20)32-18(2)15-23(19(32)3)28-27(24-7-5-6-14-30-24)31-29(36)33(28)22-12-13-25-26(16-22)35-17-34-25/h5-16,27-28H,4,17H2,1-3H3,(H,31,36). The van der Waals surface area contributed by atoms with Crippen LogP contribution >= 0.6 is 12.2 Å². The van der Waals surface area contributed by atoms with E-state index in [2.05, 4.69) is 72.0 Å². The molecule has 0 spiro atoms. The number of hydrogen-bond acceptors (Lipinski definition) is 4. The molecule has 36 heavy (non-hydrogen) atoms. The number of nitrogens with zero attached hydrogens (tertiary/aromatic N) is 3. The van der Waals surface area contributed by atoms with Gasteiger partial charge >= 0.3 is 0 Å². The zero-order valence-electron chi connectivity index (χ0n) is 20.6. The van der Waals surface area contributed by atoms with Crippen molar-refractivity contribution in [3.05, 3.63) is 101 Å². The minimum absolute atomic E-state index is 0.0948. The topological polar surface area (TPSA) is 51.6 Å². The Morgan fingerprint density at radius 1 is 0.972 bits per heavy atom. The van der Waals surface area contributed by atoms with Crippen LogP contribution in [0.3, 0.4) is 0 Å². The third kappa shape index (κ3) is 3.71. The smallest absolute Gasteiger partial charge is 0.231 e. The first kappa shape index (κ1) is 22.6. The van der Waals surface area contributed by atoms with Crippen molar-refractivity contribution in [2.24, 2.45) is 0 Å². The molecule has 4 aromatic rings. The van der Waals surface area contributed by atoms with Crippen LogP contribution in [0.4, 0.5) is 5.69 Å². The molecule has 0 radical (unpaired) electrons. The number of ether oxygens (including phenoxy) is 2. The molecule has 4 heterocycles. The Morgan fingerprint density at radius 3 is 2.50 bits per heavy atom. The Bertz CT molecular complexity index is 1430. The first-order valence-corrected chi connectivity index (χ1v) is 12.6. The van der Waals surface area contributed by atoms with Crippen molar-refractivity contribution in [3.63, 3.8) is 0 Å². The lowest BCUT2D eigenvalue weighted by molar-refractivity contribution is 0.174. The van der Waals surface area contributed by atoms with Crippen LogP contribution in [0.1, 0.15) is 47.2 Å². The van der Waals surface area contributed by atoms with E-state index in [9.17, 15) is 0 Å². The predicted octanol–water partition coefficient (Wildman–Crippen LogP) is 5.96. The fraction of sp³-hybridized carbons (Fsp3) is 0.241. The summed E-state index contributed by atoms with van der Waals surface area (Å²) in [5, 5.41) is 4.22. The summed E-state index contributed by atoms with van der Waals surface area (Å²) in [7, 11) is 0. The van der Waals surface area contributed by atoms with Gasteiger partial charge in [-0.05, 0) is 86.1 Å². The zero-order chi connectivity index (χ0) is 24.8. The highest BCUT2D eigenvalue weighted by Gasteiger charge is 2.42. The van der Waals surface area contributed by atoms with Crippen molar-refractivity contribution in [3.8, 4) is 17.2 Å². The number of pyridine rings is 1. The van der Waals surface area contributed by atoms with Crippen LogP contribution in [0, 0.1) is 13.8 Å². The van der Waals surface area contributed by atoms with Gasteiger partial charge < -0.3 is 24.3 Å². The largest absolute Gasteiger partial charge is 0.454 e. The van der Waals surface area contributed by atoms with Gasteiger partial charge in [-0.3, -0.25) is 4.98 Å². The Labute approximate surface area is 216 Å². The quantitative estimate of drug-likeness (QED) is 0.344.